The van der Waals surface area contributed by atoms with E-state index in [2.05, 4.69) is 27.9 Å². The van der Waals surface area contributed by atoms with Crippen molar-refractivity contribution in [2.45, 2.75) is 52.0 Å². The van der Waals surface area contributed by atoms with Gasteiger partial charge in [0.2, 0.25) is 0 Å². The van der Waals surface area contributed by atoms with Crippen molar-refractivity contribution in [3.63, 3.8) is 0 Å². The van der Waals surface area contributed by atoms with Gasteiger partial charge in [0, 0.05) is 6.04 Å². The lowest BCUT2D eigenvalue weighted by Gasteiger charge is -2.29. The summed E-state index contributed by atoms with van der Waals surface area (Å²) in [6.07, 6.45) is 7.45. The van der Waals surface area contributed by atoms with Gasteiger partial charge in [-0.25, -0.2) is 0 Å². The minimum absolute atomic E-state index is 0.0336. The van der Waals surface area contributed by atoms with Crippen LogP contribution < -0.4 is 14.8 Å². The molecule has 0 bridgehead atoms. The van der Waals surface area contributed by atoms with Crippen molar-refractivity contribution in [2.24, 2.45) is 0 Å². The third kappa shape index (κ3) is 4.56. The Morgan fingerprint density at radius 1 is 1.22 bits per heavy atom. The summed E-state index contributed by atoms with van der Waals surface area (Å²) >= 11 is 7.68. The third-order valence-corrected chi connectivity index (χ3v) is 5.88. The van der Waals surface area contributed by atoms with Crippen LogP contribution in [-0.2, 0) is 4.79 Å². The van der Waals surface area contributed by atoms with E-state index >= 15 is 0 Å². The molecule has 3 rings (SSSR count). The number of halogens is 1. The molecule has 27 heavy (non-hydrogen) atoms. The Bertz CT molecular complexity index is 760. The summed E-state index contributed by atoms with van der Waals surface area (Å²) in [4.78, 5) is 14.7. The first-order valence-corrected chi connectivity index (χ1v) is 11.0. The first-order valence-electron chi connectivity index (χ1n) is 9.50. The average molecular weight is 500 g/mol. The van der Waals surface area contributed by atoms with Crippen molar-refractivity contribution in [1.29, 1.82) is 0 Å². The Morgan fingerprint density at radius 2 is 1.93 bits per heavy atom. The zero-order chi connectivity index (χ0) is 19.4. The Labute approximate surface area is 179 Å². The molecule has 0 aromatic heterocycles. The zero-order valence-corrected chi connectivity index (χ0v) is 18.7. The van der Waals surface area contributed by atoms with Gasteiger partial charge in [-0.05, 0) is 85.3 Å². The summed E-state index contributed by atoms with van der Waals surface area (Å²) in [6.45, 7) is 5.01. The molecule has 1 aromatic rings. The summed E-state index contributed by atoms with van der Waals surface area (Å²) < 4.78 is 12.4. The van der Waals surface area contributed by atoms with Crippen LogP contribution in [0.3, 0.4) is 0 Å². The Morgan fingerprint density at radius 3 is 2.59 bits per heavy atom. The number of nitrogens with zero attached hydrogens (tertiary/aromatic N) is 1. The highest BCUT2D eigenvalue weighted by Crippen LogP contribution is 2.35. The maximum Gasteiger partial charge on any atom is 0.276 e. The van der Waals surface area contributed by atoms with E-state index in [1.807, 2.05) is 32.1 Å². The van der Waals surface area contributed by atoms with Crippen molar-refractivity contribution in [2.75, 3.05) is 13.2 Å². The fourth-order valence-electron chi connectivity index (χ4n) is 3.60. The Hall–Kier alpha value is -1.35. The highest BCUT2D eigenvalue weighted by molar-refractivity contribution is 14.1. The van der Waals surface area contributed by atoms with E-state index in [9.17, 15) is 4.79 Å². The van der Waals surface area contributed by atoms with Crippen molar-refractivity contribution in [3.8, 4) is 11.5 Å². The minimum Gasteiger partial charge on any atom is -0.490 e. The lowest BCUT2D eigenvalue weighted by molar-refractivity contribution is -0.124. The van der Waals surface area contributed by atoms with Gasteiger partial charge in [-0.1, -0.05) is 19.3 Å². The molecule has 0 spiro atoms. The SMILES string of the molecule is CCOc1cc(/C=C2\NC(=S)N(C3CCCCC3)C2=O)cc(I)c1OCC. The van der Waals surface area contributed by atoms with Crippen LogP contribution in [0.1, 0.15) is 51.5 Å². The fourth-order valence-corrected chi connectivity index (χ4v) is 4.73. The predicted octanol–water partition coefficient (Wildman–Crippen LogP) is 4.48. The number of thiocarbonyl (C=S) groups is 1. The first-order chi connectivity index (χ1) is 13.0. The van der Waals surface area contributed by atoms with Crippen LogP contribution >= 0.6 is 34.8 Å². The molecule has 0 unspecified atom stereocenters. The van der Waals surface area contributed by atoms with Gasteiger partial charge in [0.1, 0.15) is 5.70 Å². The number of hydrogen-bond acceptors (Lipinski definition) is 4. The average Bonchev–Trinajstić information content (AvgIpc) is 2.92. The van der Waals surface area contributed by atoms with Gasteiger partial charge in [-0.15, -0.1) is 0 Å². The molecule has 7 heteroatoms. The molecule has 1 aliphatic heterocycles. The van der Waals surface area contributed by atoms with Gasteiger partial charge >= 0.3 is 0 Å². The van der Waals surface area contributed by atoms with Crippen molar-refractivity contribution < 1.29 is 14.3 Å². The molecular weight excluding hydrogens is 475 g/mol. The third-order valence-electron chi connectivity index (χ3n) is 4.78. The number of amides is 1. The molecule has 1 heterocycles. The standard InChI is InChI=1S/C20H25IN2O3S/c1-3-25-17-12-13(10-15(21)18(17)26-4-2)11-16-19(24)23(20(27)22-16)14-8-6-5-7-9-14/h10-12,14H,3-9H2,1-2H3,(H,22,27)/b16-11-. The van der Waals surface area contributed by atoms with Gasteiger partial charge in [0.25, 0.3) is 5.91 Å². The molecule has 1 amide bonds. The van der Waals surface area contributed by atoms with Gasteiger partial charge in [0.05, 0.1) is 16.8 Å². The number of hydrogen-bond donors (Lipinski definition) is 1. The largest absolute Gasteiger partial charge is 0.490 e. The number of benzene rings is 1. The topological polar surface area (TPSA) is 50.8 Å². The van der Waals surface area contributed by atoms with E-state index in [1.165, 1.54) is 6.42 Å². The molecule has 1 aliphatic carbocycles. The molecule has 1 saturated heterocycles. The molecular formula is C20H25IN2O3S. The maximum atomic E-state index is 12.9. The van der Waals surface area contributed by atoms with E-state index in [0.29, 0.717) is 29.8 Å². The van der Waals surface area contributed by atoms with Gasteiger partial charge in [-0.3, -0.25) is 9.69 Å². The number of rotatable bonds is 6. The van der Waals surface area contributed by atoms with Crippen molar-refractivity contribution >= 4 is 51.9 Å². The van der Waals surface area contributed by atoms with Crippen LogP contribution in [0.25, 0.3) is 6.08 Å². The summed E-state index contributed by atoms with van der Waals surface area (Å²) in [5.74, 6) is 1.40. The highest BCUT2D eigenvalue weighted by Gasteiger charge is 2.36. The molecule has 1 saturated carbocycles. The summed E-state index contributed by atoms with van der Waals surface area (Å²) in [5.41, 5.74) is 1.41. The monoisotopic (exact) mass is 500 g/mol. The minimum atomic E-state index is -0.0336. The van der Waals surface area contributed by atoms with Gasteiger partial charge in [0.15, 0.2) is 16.6 Å². The van der Waals surface area contributed by atoms with E-state index in [1.54, 1.807) is 4.90 Å². The first kappa shape index (κ1) is 20.4. The Kier molecular flexibility index (Phi) is 6.97. The molecule has 1 aromatic carbocycles. The smallest absolute Gasteiger partial charge is 0.276 e. The normalized spacial score (nSPS) is 19.5. The number of carbonyl (C=O) groups is 1. The predicted molar refractivity (Wildman–Crippen MR) is 119 cm³/mol. The van der Waals surface area contributed by atoms with E-state index in [4.69, 9.17) is 21.7 Å². The molecule has 5 nitrogen and oxygen atoms in total. The van der Waals surface area contributed by atoms with E-state index in [-0.39, 0.29) is 11.9 Å². The molecule has 0 atom stereocenters. The lowest BCUT2D eigenvalue weighted by Crippen LogP contribution is -2.41. The molecule has 146 valence electrons. The van der Waals surface area contributed by atoms with Gasteiger partial charge < -0.3 is 14.8 Å². The Balaban J connectivity index is 1.87. The molecule has 0 radical (unpaired) electrons. The maximum absolute atomic E-state index is 12.9. The molecule has 2 aliphatic rings. The second kappa shape index (κ2) is 9.23. The van der Waals surface area contributed by atoms with Crippen LogP contribution in [0, 0.1) is 3.57 Å². The van der Waals surface area contributed by atoms with Gasteiger partial charge in [-0.2, -0.15) is 0 Å². The van der Waals surface area contributed by atoms with Crippen molar-refractivity contribution in [3.05, 3.63) is 27.0 Å². The van der Waals surface area contributed by atoms with Crippen LogP contribution in [-0.4, -0.2) is 35.2 Å². The quantitative estimate of drug-likeness (QED) is 0.355. The van der Waals surface area contributed by atoms with E-state index in [0.717, 1.165) is 40.6 Å². The summed E-state index contributed by atoms with van der Waals surface area (Å²) in [6, 6.07) is 4.12. The number of nitrogens with one attached hydrogen (secondary N) is 1. The van der Waals surface area contributed by atoms with Crippen molar-refractivity contribution in [1.82, 2.24) is 10.2 Å². The fraction of sp³-hybridized carbons (Fsp3) is 0.500. The number of ether oxygens (including phenoxy) is 2. The second-order valence-corrected chi connectivity index (χ2v) is 8.20. The summed E-state index contributed by atoms with van der Waals surface area (Å²) in [7, 11) is 0. The van der Waals surface area contributed by atoms with Crippen LogP contribution in [0.15, 0.2) is 17.8 Å². The lowest BCUT2D eigenvalue weighted by atomic mass is 9.94. The zero-order valence-electron chi connectivity index (χ0n) is 15.7. The van der Waals surface area contributed by atoms with E-state index < -0.39 is 0 Å². The van der Waals surface area contributed by atoms with Crippen LogP contribution in [0.2, 0.25) is 0 Å². The van der Waals surface area contributed by atoms with Crippen LogP contribution in [0.4, 0.5) is 0 Å². The molecule has 2 fully saturated rings. The second-order valence-electron chi connectivity index (χ2n) is 6.65. The highest BCUT2D eigenvalue weighted by atomic mass is 127. The van der Waals surface area contributed by atoms with Crippen LogP contribution in [0.5, 0.6) is 11.5 Å². The molecule has 1 N–H and O–H groups in total. The number of carbonyl (C=O) groups excluding carboxylic acids is 1. The summed E-state index contributed by atoms with van der Waals surface area (Å²) in [5, 5.41) is 3.62.